The molecule has 0 radical (unpaired) electrons. The third-order valence-electron chi connectivity index (χ3n) is 9.08. The molecule has 0 spiro atoms. The molecule has 0 bridgehead atoms. The molecule has 3 heterocycles. The standard InChI is InChI=1S/C33H38FN5O6/c1-32(2,3)45-31(43)37(4)33(11-7-12-33)30(42)39-15-13-38(14-16-39)29(41)25-26(34)21(18-20-10-17-44-27(20)25)19-24-22-8-5-6-9-23(22)28(40)36-35-24/h5-6,8-9,18H,7,10-17,19H2,1-4H3,(H,36,40). The summed E-state index contributed by atoms with van der Waals surface area (Å²) in [6, 6.07) is 8.72. The number of hydrogen-bond acceptors (Lipinski definition) is 7. The SMILES string of the molecule is CN(C(=O)OC(C)(C)C)C1(C(=O)N2CCN(C(=O)c3c(F)c(Cc4n[nH]c(=O)c5ccccc45)cc4c3OCC4)CC2)CCC1. The van der Waals surface area contributed by atoms with Crippen LogP contribution >= 0.6 is 0 Å². The van der Waals surface area contributed by atoms with Crippen LogP contribution < -0.4 is 10.3 Å². The van der Waals surface area contributed by atoms with Gasteiger partial charge in [0.25, 0.3) is 11.5 Å². The fraction of sp³-hybridized carbons (Fsp3) is 0.485. The van der Waals surface area contributed by atoms with Crippen molar-refractivity contribution in [2.45, 2.75) is 64.0 Å². The Morgan fingerprint density at radius 1 is 1.09 bits per heavy atom. The van der Waals surface area contributed by atoms with Crippen molar-refractivity contribution in [1.82, 2.24) is 24.9 Å². The molecule has 45 heavy (non-hydrogen) atoms. The number of ether oxygens (including phenoxy) is 2. The molecule has 2 aromatic carbocycles. The molecule has 6 rings (SSSR count). The number of H-pyrrole nitrogens is 1. The number of halogens is 1. The summed E-state index contributed by atoms with van der Waals surface area (Å²) in [4.78, 5) is 57.4. The normalized spacial score (nSPS) is 17.4. The van der Waals surface area contributed by atoms with E-state index < -0.39 is 29.0 Å². The predicted molar refractivity (Wildman–Crippen MR) is 164 cm³/mol. The second-order valence-electron chi connectivity index (χ2n) is 13.0. The third-order valence-corrected chi connectivity index (χ3v) is 9.08. The average Bonchev–Trinajstić information content (AvgIpc) is 3.45. The number of likely N-dealkylation sites (N-methyl/N-ethyl adjacent to an activating group) is 1. The van der Waals surface area contributed by atoms with E-state index in [1.807, 2.05) is 0 Å². The maximum atomic E-state index is 16.3. The van der Waals surface area contributed by atoms with Crippen molar-refractivity contribution in [3.63, 3.8) is 0 Å². The van der Waals surface area contributed by atoms with Gasteiger partial charge in [0, 0.05) is 51.5 Å². The smallest absolute Gasteiger partial charge is 0.410 e. The van der Waals surface area contributed by atoms with E-state index in [9.17, 15) is 19.2 Å². The molecule has 1 aliphatic carbocycles. The van der Waals surface area contributed by atoms with Crippen LogP contribution in [-0.2, 0) is 22.4 Å². The van der Waals surface area contributed by atoms with Gasteiger partial charge in [-0.1, -0.05) is 18.2 Å². The fourth-order valence-electron chi connectivity index (χ4n) is 6.45. The van der Waals surface area contributed by atoms with Gasteiger partial charge in [-0.15, -0.1) is 0 Å². The van der Waals surface area contributed by atoms with Gasteiger partial charge in [0.05, 0.1) is 17.7 Å². The molecule has 12 heteroatoms. The van der Waals surface area contributed by atoms with Gasteiger partial charge in [-0.25, -0.2) is 14.3 Å². The van der Waals surface area contributed by atoms with Gasteiger partial charge in [0.15, 0.2) is 0 Å². The van der Waals surface area contributed by atoms with Crippen LogP contribution in [0.4, 0.5) is 9.18 Å². The number of aromatic amines is 1. The van der Waals surface area contributed by atoms with E-state index in [1.54, 1.807) is 68.0 Å². The zero-order valence-electron chi connectivity index (χ0n) is 26.1. The summed E-state index contributed by atoms with van der Waals surface area (Å²) in [7, 11) is 1.60. The zero-order valence-corrected chi connectivity index (χ0v) is 26.1. The van der Waals surface area contributed by atoms with E-state index in [1.165, 1.54) is 4.90 Å². The summed E-state index contributed by atoms with van der Waals surface area (Å²) in [5.41, 5.74) is -0.573. The molecule has 0 unspecified atom stereocenters. The number of rotatable bonds is 5. The molecule has 1 aromatic heterocycles. The molecule has 2 fully saturated rings. The van der Waals surface area contributed by atoms with E-state index in [0.717, 1.165) is 12.0 Å². The van der Waals surface area contributed by atoms with E-state index in [0.29, 0.717) is 47.9 Å². The number of benzene rings is 2. The molecule has 3 aliphatic rings. The molecule has 2 aliphatic heterocycles. The van der Waals surface area contributed by atoms with Gasteiger partial charge < -0.3 is 19.3 Å². The lowest BCUT2D eigenvalue weighted by Crippen LogP contribution is -2.66. The van der Waals surface area contributed by atoms with Crippen LogP contribution in [0.2, 0.25) is 0 Å². The van der Waals surface area contributed by atoms with Crippen LogP contribution in [0.3, 0.4) is 0 Å². The first-order valence-corrected chi connectivity index (χ1v) is 15.4. The van der Waals surface area contributed by atoms with Crippen molar-refractivity contribution in [1.29, 1.82) is 0 Å². The van der Waals surface area contributed by atoms with Gasteiger partial charge >= 0.3 is 6.09 Å². The highest BCUT2D eigenvalue weighted by Gasteiger charge is 2.52. The van der Waals surface area contributed by atoms with Crippen molar-refractivity contribution in [3.05, 3.63) is 68.9 Å². The second kappa shape index (κ2) is 11.5. The molecule has 11 nitrogen and oxygen atoms in total. The number of nitrogens with zero attached hydrogens (tertiary/aromatic N) is 4. The highest BCUT2D eigenvalue weighted by atomic mass is 19.1. The Kier molecular flexibility index (Phi) is 7.78. The van der Waals surface area contributed by atoms with Gasteiger partial charge in [-0.3, -0.25) is 19.3 Å². The molecule has 3 aromatic rings. The van der Waals surface area contributed by atoms with Crippen LogP contribution in [0.5, 0.6) is 5.75 Å². The van der Waals surface area contributed by atoms with Crippen LogP contribution in [0.15, 0.2) is 35.1 Å². The minimum absolute atomic E-state index is 0.0756. The summed E-state index contributed by atoms with van der Waals surface area (Å²) >= 11 is 0. The Labute approximate surface area is 260 Å². The van der Waals surface area contributed by atoms with Gasteiger partial charge in [0.1, 0.15) is 28.3 Å². The lowest BCUT2D eigenvalue weighted by Gasteiger charge is -2.50. The topological polar surface area (TPSA) is 125 Å². The van der Waals surface area contributed by atoms with Gasteiger partial charge in [-0.05, 0) is 63.3 Å². The number of piperazine rings is 1. The maximum Gasteiger partial charge on any atom is 0.410 e. The maximum absolute atomic E-state index is 16.3. The van der Waals surface area contributed by atoms with Crippen molar-refractivity contribution in [2.75, 3.05) is 39.8 Å². The first-order valence-electron chi connectivity index (χ1n) is 15.4. The summed E-state index contributed by atoms with van der Waals surface area (Å²) in [5, 5.41) is 7.76. The highest BCUT2D eigenvalue weighted by Crippen LogP contribution is 2.40. The number of nitrogens with one attached hydrogen (secondary N) is 1. The van der Waals surface area contributed by atoms with Crippen molar-refractivity contribution >= 4 is 28.7 Å². The summed E-state index contributed by atoms with van der Waals surface area (Å²) in [5.74, 6) is -1.08. The monoisotopic (exact) mass is 619 g/mol. The number of carbonyl (C=O) groups is 3. The van der Waals surface area contributed by atoms with E-state index in [2.05, 4.69) is 10.2 Å². The van der Waals surface area contributed by atoms with E-state index >= 15 is 4.39 Å². The van der Waals surface area contributed by atoms with Crippen molar-refractivity contribution in [3.8, 4) is 5.75 Å². The average molecular weight is 620 g/mol. The third kappa shape index (κ3) is 5.51. The molecule has 238 valence electrons. The minimum atomic E-state index is -0.969. The zero-order chi connectivity index (χ0) is 32.1. The largest absolute Gasteiger partial charge is 0.492 e. The molecule has 1 saturated carbocycles. The van der Waals surface area contributed by atoms with E-state index in [4.69, 9.17) is 9.47 Å². The van der Waals surface area contributed by atoms with Crippen molar-refractivity contribution in [2.24, 2.45) is 0 Å². The highest BCUT2D eigenvalue weighted by molar-refractivity contribution is 5.98. The van der Waals surface area contributed by atoms with Crippen LogP contribution in [0, 0.1) is 5.82 Å². The minimum Gasteiger partial charge on any atom is -0.492 e. The summed E-state index contributed by atoms with van der Waals surface area (Å²) < 4.78 is 27.5. The summed E-state index contributed by atoms with van der Waals surface area (Å²) in [6.45, 7) is 6.62. The van der Waals surface area contributed by atoms with Crippen LogP contribution in [0.25, 0.3) is 10.8 Å². The lowest BCUT2D eigenvalue weighted by atomic mass is 9.74. The molecule has 1 saturated heterocycles. The number of hydrogen-bond donors (Lipinski definition) is 1. The first kappa shape index (κ1) is 30.5. The Morgan fingerprint density at radius 3 is 2.40 bits per heavy atom. The molecule has 1 N–H and O–H groups in total. The predicted octanol–water partition coefficient (Wildman–Crippen LogP) is 3.66. The van der Waals surface area contributed by atoms with Gasteiger partial charge in [-0.2, -0.15) is 5.10 Å². The molecule has 0 atom stereocenters. The fourth-order valence-corrected chi connectivity index (χ4v) is 6.45. The number of aromatic nitrogens is 2. The quantitative estimate of drug-likeness (QED) is 0.462. The molecule has 3 amide bonds. The molecular weight excluding hydrogens is 581 g/mol. The number of fused-ring (bicyclic) bond motifs is 2. The van der Waals surface area contributed by atoms with Crippen LogP contribution in [0.1, 0.15) is 67.2 Å². The van der Waals surface area contributed by atoms with Crippen molar-refractivity contribution < 1.29 is 28.2 Å². The number of amides is 3. The van der Waals surface area contributed by atoms with Crippen LogP contribution in [-0.4, -0.2) is 93.8 Å². The second-order valence-corrected chi connectivity index (χ2v) is 13.0. The number of carbonyl (C=O) groups excluding carboxylic acids is 3. The van der Waals surface area contributed by atoms with Gasteiger partial charge in [0.2, 0.25) is 5.91 Å². The lowest BCUT2D eigenvalue weighted by molar-refractivity contribution is -0.151. The Hall–Kier alpha value is -4.48. The molecular formula is C33H38FN5O6. The Morgan fingerprint density at radius 2 is 1.76 bits per heavy atom. The Bertz CT molecular complexity index is 1740. The summed E-state index contributed by atoms with van der Waals surface area (Å²) in [6.07, 6.45) is 1.98. The Balaban J connectivity index is 1.20. The first-order chi connectivity index (χ1) is 21.4. The van der Waals surface area contributed by atoms with E-state index in [-0.39, 0.29) is 55.4 Å².